The molecule has 2 fully saturated rings. The van der Waals surface area contributed by atoms with Crippen molar-refractivity contribution in [3.05, 3.63) is 22.4 Å². The van der Waals surface area contributed by atoms with Gasteiger partial charge in [0, 0.05) is 18.0 Å². The highest BCUT2D eigenvalue weighted by molar-refractivity contribution is 7.10. The van der Waals surface area contributed by atoms with Gasteiger partial charge in [0.1, 0.15) is 0 Å². The number of amides is 2. The second-order valence-electron chi connectivity index (χ2n) is 5.66. The minimum Gasteiger partial charge on any atom is -0.376 e. The van der Waals surface area contributed by atoms with Crippen molar-refractivity contribution in [1.82, 2.24) is 10.2 Å². The van der Waals surface area contributed by atoms with Gasteiger partial charge in [-0.3, -0.25) is 0 Å². The molecule has 1 aromatic rings. The summed E-state index contributed by atoms with van der Waals surface area (Å²) in [5.74, 6) is 0. The lowest BCUT2D eigenvalue weighted by Gasteiger charge is -2.28. The number of ether oxygens (including phenoxy) is 1. The fourth-order valence-corrected chi connectivity index (χ4v) is 4.03. The van der Waals surface area contributed by atoms with E-state index in [1.165, 1.54) is 4.88 Å². The van der Waals surface area contributed by atoms with Gasteiger partial charge in [-0.05, 0) is 44.1 Å². The Labute approximate surface area is 124 Å². The molecule has 5 heteroatoms. The average molecular weight is 294 g/mol. The van der Waals surface area contributed by atoms with Gasteiger partial charge in [-0.2, -0.15) is 0 Å². The van der Waals surface area contributed by atoms with E-state index < -0.39 is 0 Å². The van der Waals surface area contributed by atoms with E-state index in [1.54, 1.807) is 11.3 Å². The fraction of sp³-hybridized carbons (Fsp3) is 0.667. The summed E-state index contributed by atoms with van der Waals surface area (Å²) in [5.41, 5.74) is 0. The summed E-state index contributed by atoms with van der Waals surface area (Å²) in [6.07, 6.45) is 4.50. The number of likely N-dealkylation sites (tertiary alicyclic amines) is 1. The van der Waals surface area contributed by atoms with E-state index in [0.717, 1.165) is 38.8 Å². The van der Waals surface area contributed by atoms with E-state index in [2.05, 4.69) is 22.8 Å². The normalized spacial score (nSPS) is 27.8. The first-order chi connectivity index (χ1) is 9.75. The van der Waals surface area contributed by atoms with E-state index in [4.69, 9.17) is 4.74 Å². The minimum atomic E-state index is 0.0592. The SMILES string of the molecule is C[C@H](NC(=O)N1CCC[C@H]1c1cccs1)[C@@H]1CCCO1. The Morgan fingerprint density at radius 2 is 2.40 bits per heavy atom. The van der Waals surface area contributed by atoms with E-state index in [0.29, 0.717) is 0 Å². The van der Waals surface area contributed by atoms with Crippen LogP contribution in [0.4, 0.5) is 4.79 Å². The molecule has 0 aromatic carbocycles. The molecule has 1 aromatic heterocycles. The standard InChI is InChI=1S/C15H22N2O2S/c1-11(13-6-3-9-19-13)16-15(18)17-8-2-5-12(17)14-7-4-10-20-14/h4,7,10-13H,2-3,5-6,8-9H2,1H3,(H,16,18)/t11-,12-,13-/m0/s1. The summed E-state index contributed by atoms with van der Waals surface area (Å²) in [6, 6.07) is 4.60. The second-order valence-corrected chi connectivity index (χ2v) is 6.64. The van der Waals surface area contributed by atoms with Gasteiger partial charge in [0.2, 0.25) is 0 Å². The number of carbonyl (C=O) groups is 1. The van der Waals surface area contributed by atoms with Crippen molar-refractivity contribution in [2.75, 3.05) is 13.2 Å². The Morgan fingerprint density at radius 1 is 1.50 bits per heavy atom. The number of nitrogens with one attached hydrogen (secondary N) is 1. The maximum Gasteiger partial charge on any atom is 0.318 e. The molecule has 1 N–H and O–H groups in total. The maximum atomic E-state index is 12.5. The van der Waals surface area contributed by atoms with Crippen LogP contribution >= 0.6 is 11.3 Å². The van der Waals surface area contributed by atoms with Crippen LogP contribution in [0.25, 0.3) is 0 Å². The molecule has 2 aliphatic heterocycles. The Kier molecular flexibility index (Phi) is 4.27. The molecule has 110 valence electrons. The topological polar surface area (TPSA) is 41.6 Å². The van der Waals surface area contributed by atoms with Crippen molar-refractivity contribution in [3.63, 3.8) is 0 Å². The number of hydrogen-bond donors (Lipinski definition) is 1. The lowest BCUT2D eigenvalue weighted by molar-refractivity contribution is 0.0829. The van der Waals surface area contributed by atoms with Gasteiger partial charge in [0.05, 0.1) is 18.2 Å². The number of carbonyl (C=O) groups excluding carboxylic acids is 1. The molecule has 20 heavy (non-hydrogen) atoms. The molecule has 0 saturated carbocycles. The Hall–Kier alpha value is -1.07. The van der Waals surface area contributed by atoms with Gasteiger partial charge in [-0.15, -0.1) is 11.3 Å². The Bertz CT molecular complexity index is 443. The van der Waals surface area contributed by atoms with E-state index in [-0.39, 0.29) is 24.2 Å². The summed E-state index contributed by atoms with van der Waals surface area (Å²) in [4.78, 5) is 15.8. The van der Waals surface area contributed by atoms with Gasteiger partial charge in [-0.25, -0.2) is 4.79 Å². The molecular formula is C15H22N2O2S. The van der Waals surface area contributed by atoms with Crippen molar-refractivity contribution in [2.45, 2.75) is 50.8 Å². The molecule has 3 rings (SSSR count). The van der Waals surface area contributed by atoms with Crippen LogP contribution in [-0.2, 0) is 4.74 Å². The molecule has 3 heterocycles. The molecule has 0 spiro atoms. The van der Waals surface area contributed by atoms with Gasteiger partial charge < -0.3 is 15.0 Å². The highest BCUT2D eigenvalue weighted by atomic mass is 32.1. The monoisotopic (exact) mass is 294 g/mol. The summed E-state index contributed by atoms with van der Waals surface area (Å²) in [6.45, 7) is 3.73. The third-order valence-electron chi connectivity index (χ3n) is 4.26. The van der Waals surface area contributed by atoms with Crippen molar-refractivity contribution >= 4 is 17.4 Å². The number of thiophene rings is 1. The van der Waals surface area contributed by atoms with Gasteiger partial charge in [0.15, 0.2) is 0 Å². The van der Waals surface area contributed by atoms with Gasteiger partial charge in [0.25, 0.3) is 0 Å². The van der Waals surface area contributed by atoms with Crippen LogP contribution in [0.5, 0.6) is 0 Å². The molecule has 3 atom stereocenters. The first kappa shape index (κ1) is 13.9. The fourth-order valence-electron chi connectivity index (χ4n) is 3.15. The Balaban J connectivity index is 1.61. The molecule has 0 radical (unpaired) electrons. The predicted octanol–water partition coefficient (Wildman–Crippen LogP) is 3.16. The quantitative estimate of drug-likeness (QED) is 0.930. The first-order valence-corrected chi connectivity index (χ1v) is 8.36. The van der Waals surface area contributed by atoms with E-state index in [1.807, 2.05) is 11.8 Å². The molecular weight excluding hydrogens is 272 g/mol. The maximum absolute atomic E-state index is 12.5. The third-order valence-corrected chi connectivity index (χ3v) is 5.23. The van der Waals surface area contributed by atoms with E-state index >= 15 is 0 Å². The molecule has 0 aliphatic carbocycles. The van der Waals surface area contributed by atoms with Gasteiger partial charge >= 0.3 is 6.03 Å². The predicted molar refractivity (Wildman–Crippen MR) is 80.0 cm³/mol. The molecule has 0 bridgehead atoms. The minimum absolute atomic E-state index is 0.0592. The molecule has 0 unspecified atom stereocenters. The van der Waals surface area contributed by atoms with E-state index in [9.17, 15) is 4.79 Å². The summed E-state index contributed by atoms with van der Waals surface area (Å²) in [5, 5.41) is 5.20. The summed E-state index contributed by atoms with van der Waals surface area (Å²) < 4.78 is 5.65. The highest BCUT2D eigenvalue weighted by Crippen LogP contribution is 2.34. The lowest BCUT2D eigenvalue weighted by Crippen LogP contribution is -2.47. The van der Waals surface area contributed by atoms with Crippen LogP contribution in [0, 0.1) is 0 Å². The van der Waals surface area contributed by atoms with Crippen LogP contribution in [0.3, 0.4) is 0 Å². The number of nitrogens with zero attached hydrogens (tertiary/aromatic N) is 1. The zero-order valence-corrected chi connectivity index (χ0v) is 12.7. The van der Waals surface area contributed by atoms with Crippen molar-refractivity contribution < 1.29 is 9.53 Å². The van der Waals surface area contributed by atoms with Crippen molar-refractivity contribution in [1.29, 1.82) is 0 Å². The van der Waals surface area contributed by atoms with Crippen LogP contribution in [0.15, 0.2) is 17.5 Å². The molecule has 2 aliphatic rings. The zero-order valence-electron chi connectivity index (χ0n) is 11.9. The van der Waals surface area contributed by atoms with Crippen molar-refractivity contribution in [2.24, 2.45) is 0 Å². The Morgan fingerprint density at radius 3 is 3.10 bits per heavy atom. The number of hydrogen-bond acceptors (Lipinski definition) is 3. The molecule has 2 amide bonds. The summed E-state index contributed by atoms with van der Waals surface area (Å²) in [7, 11) is 0. The van der Waals surface area contributed by atoms with Crippen molar-refractivity contribution in [3.8, 4) is 0 Å². The summed E-state index contributed by atoms with van der Waals surface area (Å²) >= 11 is 1.74. The lowest BCUT2D eigenvalue weighted by atomic mass is 10.1. The molecule has 4 nitrogen and oxygen atoms in total. The largest absolute Gasteiger partial charge is 0.376 e. The smallest absolute Gasteiger partial charge is 0.318 e. The number of urea groups is 1. The second kappa shape index (κ2) is 6.14. The average Bonchev–Trinajstić information content (AvgIpc) is 3.19. The first-order valence-electron chi connectivity index (χ1n) is 7.48. The van der Waals surface area contributed by atoms with Gasteiger partial charge in [-0.1, -0.05) is 6.07 Å². The van der Waals surface area contributed by atoms with Crippen LogP contribution in [0.2, 0.25) is 0 Å². The van der Waals surface area contributed by atoms with Crippen LogP contribution < -0.4 is 5.32 Å². The zero-order chi connectivity index (χ0) is 13.9. The van der Waals surface area contributed by atoms with Crippen LogP contribution in [-0.4, -0.2) is 36.2 Å². The highest BCUT2D eigenvalue weighted by Gasteiger charge is 2.32. The third kappa shape index (κ3) is 2.83. The number of rotatable bonds is 3. The van der Waals surface area contributed by atoms with Crippen LogP contribution in [0.1, 0.15) is 43.5 Å². The molecule has 2 saturated heterocycles.